The molecule has 0 bridgehead atoms. The van der Waals surface area contributed by atoms with Crippen molar-refractivity contribution < 1.29 is 13.9 Å². The van der Waals surface area contributed by atoms with Crippen molar-refractivity contribution in [1.82, 2.24) is 9.88 Å². The SMILES string of the molecule is CCOC(=O)c1coc(NC2CCN(CC)CC2)n1. The minimum absolute atomic E-state index is 0.218. The Balaban J connectivity index is 1.85. The summed E-state index contributed by atoms with van der Waals surface area (Å²) in [5, 5.41) is 3.23. The number of hydrogen-bond donors (Lipinski definition) is 1. The third-order valence-electron chi connectivity index (χ3n) is 3.35. The van der Waals surface area contributed by atoms with Crippen LogP contribution in [0.1, 0.15) is 37.2 Å². The molecule has 0 atom stereocenters. The Hall–Kier alpha value is -1.56. The molecule has 0 radical (unpaired) electrons. The van der Waals surface area contributed by atoms with Crippen LogP contribution in [0, 0.1) is 0 Å². The molecule has 106 valence electrons. The zero-order valence-corrected chi connectivity index (χ0v) is 11.5. The minimum Gasteiger partial charge on any atom is -0.461 e. The molecule has 6 nitrogen and oxygen atoms in total. The molecule has 1 saturated heterocycles. The number of anilines is 1. The van der Waals surface area contributed by atoms with Crippen LogP contribution in [0.5, 0.6) is 0 Å². The summed E-state index contributed by atoms with van der Waals surface area (Å²) >= 11 is 0. The number of likely N-dealkylation sites (tertiary alicyclic amines) is 1. The van der Waals surface area contributed by atoms with Crippen LogP contribution in [0.25, 0.3) is 0 Å². The quantitative estimate of drug-likeness (QED) is 0.820. The van der Waals surface area contributed by atoms with Crippen LogP contribution in [-0.2, 0) is 4.74 Å². The number of nitrogens with one attached hydrogen (secondary N) is 1. The average Bonchev–Trinajstić information content (AvgIpc) is 2.88. The van der Waals surface area contributed by atoms with Gasteiger partial charge in [0.1, 0.15) is 6.26 Å². The summed E-state index contributed by atoms with van der Waals surface area (Å²) in [4.78, 5) is 18.0. The van der Waals surface area contributed by atoms with E-state index in [1.165, 1.54) is 6.26 Å². The molecule has 1 aliphatic rings. The van der Waals surface area contributed by atoms with Crippen LogP contribution in [0.4, 0.5) is 6.01 Å². The Labute approximate surface area is 113 Å². The lowest BCUT2D eigenvalue weighted by Crippen LogP contribution is -2.38. The number of ether oxygens (including phenoxy) is 1. The third kappa shape index (κ3) is 3.70. The predicted molar refractivity (Wildman–Crippen MR) is 71.2 cm³/mol. The summed E-state index contributed by atoms with van der Waals surface area (Å²) in [7, 11) is 0. The summed E-state index contributed by atoms with van der Waals surface area (Å²) < 4.78 is 10.1. The Kier molecular flexibility index (Phi) is 4.79. The van der Waals surface area contributed by atoms with Gasteiger partial charge in [-0.3, -0.25) is 0 Å². The molecule has 19 heavy (non-hydrogen) atoms. The van der Waals surface area contributed by atoms with E-state index in [1.807, 2.05) is 0 Å². The molecule has 1 aromatic heterocycles. The molecule has 0 unspecified atom stereocenters. The van der Waals surface area contributed by atoms with Crippen molar-refractivity contribution in [2.75, 3.05) is 31.6 Å². The van der Waals surface area contributed by atoms with Crippen molar-refractivity contribution in [1.29, 1.82) is 0 Å². The first-order chi connectivity index (χ1) is 9.22. The maximum Gasteiger partial charge on any atom is 0.360 e. The van der Waals surface area contributed by atoms with Crippen molar-refractivity contribution in [2.24, 2.45) is 0 Å². The summed E-state index contributed by atoms with van der Waals surface area (Å²) in [5.41, 5.74) is 0.218. The summed E-state index contributed by atoms with van der Waals surface area (Å²) in [6.45, 7) is 7.54. The molecule has 0 spiro atoms. The second kappa shape index (κ2) is 6.56. The fourth-order valence-corrected chi connectivity index (χ4v) is 2.21. The predicted octanol–water partition coefficient (Wildman–Crippen LogP) is 1.75. The number of esters is 1. The molecule has 0 aromatic carbocycles. The van der Waals surface area contributed by atoms with Crippen LogP contribution >= 0.6 is 0 Å². The number of carbonyl (C=O) groups is 1. The van der Waals surface area contributed by atoms with E-state index in [9.17, 15) is 4.79 Å². The molecular formula is C13H21N3O3. The van der Waals surface area contributed by atoms with Crippen molar-refractivity contribution in [3.8, 4) is 0 Å². The molecule has 0 aliphatic carbocycles. The highest BCUT2D eigenvalue weighted by Gasteiger charge is 2.20. The van der Waals surface area contributed by atoms with Crippen LogP contribution in [0.2, 0.25) is 0 Å². The van der Waals surface area contributed by atoms with Gasteiger partial charge < -0.3 is 19.4 Å². The van der Waals surface area contributed by atoms with Gasteiger partial charge in [-0.1, -0.05) is 6.92 Å². The molecule has 1 fully saturated rings. The van der Waals surface area contributed by atoms with Gasteiger partial charge in [-0.05, 0) is 26.3 Å². The number of rotatable bonds is 5. The highest BCUT2D eigenvalue weighted by Crippen LogP contribution is 2.16. The van der Waals surface area contributed by atoms with Crippen molar-refractivity contribution >= 4 is 12.0 Å². The lowest BCUT2D eigenvalue weighted by atomic mass is 10.1. The Morgan fingerprint density at radius 1 is 1.53 bits per heavy atom. The summed E-state index contributed by atoms with van der Waals surface area (Å²) in [5.74, 6) is -0.444. The number of nitrogens with zero attached hydrogens (tertiary/aromatic N) is 2. The van der Waals surface area contributed by atoms with E-state index in [0.29, 0.717) is 18.7 Å². The van der Waals surface area contributed by atoms with Gasteiger partial charge in [-0.25, -0.2) is 4.79 Å². The van der Waals surface area contributed by atoms with Gasteiger partial charge in [0, 0.05) is 19.1 Å². The molecule has 0 saturated carbocycles. The maximum absolute atomic E-state index is 11.5. The monoisotopic (exact) mass is 267 g/mol. The fourth-order valence-electron chi connectivity index (χ4n) is 2.21. The molecule has 2 rings (SSSR count). The molecule has 1 aromatic rings. The lowest BCUT2D eigenvalue weighted by Gasteiger charge is -2.30. The molecule has 0 amide bonds. The second-order valence-electron chi connectivity index (χ2n) is 4.61. The molecule has 6 heteroatoms. The zero-order valence-electron chi connectivity index (χ0n) is 11.5. The Morgan fingerprint density at radius 3 is 2.89 bits per heavy atom. The van der Waals surface area contributed by atoms with Gasteiger partial charge >= 0.3 is 5.97 Å². The molecular weight excluding hydrogens is 246 g/mol. The van der Waals surface area contributed by atoms with Gasteiger partial charge in [-0.2, -0.15) is 4.98 Å². The fraction of sp³-hybridized carbons (Fsp3) is 0.692. The third-order valence-corrected chi connectivity index (χ3v) is 3.35. The van der Waals surface area contributed by atoms with Crippen LogP contribution in [0.15, 0.2) is 10.7 Å². The topological polar surface area (TPSA) is 67.6 Å². The highest BCUT2D eigenvalue weighted by molar-refractivity contribution is 5.87. The minimum atomic E-state index is -0.444. The van der Waals surface area contributed by atoms with Crippen molar-refractivity contribution in [2.45, 2.75) is 32.7 Å². The van der Waals surface area contributed by atoms with Crippen LogP contribution < -0.4 is 5.32 Å². The standard InChI is InChI=1S/C13H21N3O3/c1-3-16-7-5-10(6-8-16)14-13-15-11(9-19-13)12(17)18-4-2/h9-10H,3-8H2,1-2H3,(H,14,15). The van der Waals surface area contributed by atoms with E-state index in [-0.39, 0.29) is 5.69 Å². The number of carbonyl (C=O) groups excluding carboxylic acids is 1. The van der Waals surface area contributed by atoms with Crippen molar-refractivity contribution in [3.05, 3.63) is 12.0 Å². The van der Waals surface area contributed by atoms with Gasteiger partial charge in [0.2, 0.25) is 0 Å². The molecule has 1 N–H and O–H groups in total. The normalized spacial score (nSPS) is 17.4. The van der Waals surface area contributed by atoms with Crippen LogP contribution in [0.3, 0.4) is 0 Å². The van der Waals surface area contributed by atoms with Gasteiger partial charge in [0.15, 0.2) is 5.69 Å². The van der Waals surface area contributed by atoms with Crippen molar-refractivity contribution in [3.63, 3.8) is 0 Å². The number of oxazole rings is 1. The Morgan fingerprint density at radius 2 is 2.26 bits per heavy atom. The highest BCUT2D eigenvalue weighted by atomic mass is 16.5. The van der Waals surface area contributed by atoms with Gasteiger partial charge in [-0.15, -0.1) is 0 Å². The number of hydrogen-bond acceptors (Lipinski definition) is 6. The van der Waals surface area contributed by atoms with Crippen LogP contribution in [-0.4, -0.2) is 48.1 Å². The first-order valence-electron chi connectivity index (χ1n) is 6.84. The smallest absolute Gasteiger partial charge is 0.360 e. The number of piperidine rings is 1. The van der Waals surface area contributed by atoms with E-state index in [4.69, 9.17) is 9.15 Å². The largest absolute Gasteiger partial charge is 0.461 e. The van der Waals surface area contributed by atoms with E-state index >= 15 is 0 Å². The lowest BCUT2D eigenvalue weighted by molar-refractivity contribution is 0.0519. The summed E-state index contributed by atoms with van der Waals surface area (Å²) in [6.07, 6.45) is 3.46. The van der Waals surface area contributed by atoms with Gasteiger partial charge in [0.05, 0.1) is 6.61 Å². The molecule has 2 heterocycles. The van der Waals surface area contributed by atoms with E-state index in [0.717, 1.165) is 32.5 Å². The first-order valence-corrected chi connectivity index (χ1v) is 6.84. The maximum atomic E-state index is 11.5. The van der Waals surface area contributed by atoms with E-state index < -0.39 is 5.97 Å². The summed E-state index contributed by atoms with van der Waals surface area (Å²) in [6, 6.07) is 0.759. The average molecular weight is 267 g/mol. The van der Waals surface area contributed by atoms with E-state index in [2.05, 4.69) is 22.1 Å². The number of aromatic nitrogens is 1. The first kappa shape index (κ1) is 13.9. The van der Waals surface area contributed by atoms with Gasteiger partial charge in [0.25, 0.3) is 6.01 Å². The van der Waals surface area contributed by atoms with E-state index in [1.54, 1.807) is 6.92 Å². The zero-order chi connectivity index (χ0) is 13.7. The second-order valence-corrected chi connectivity index (χ2v) is 4.61. The Bertz CT molecular complexity index is 411. The molecule has 1 aliphatic heterocycles.